The van der Waals surface area contributed by atoms with E-state index in [4.69, 9.17) is 4.98 Å². The van der Waals surface area contributed by atoms with Crippen molar-refractivity contribution in [2.24, 2.45) is 5.92 Å². The summed E-state index contributed by atoms with van der Waals surface area (Å²) in [6, 6.07) is 7.96. The third kappa shape index (κ3) is 3.71. The van der Waals surface area contributed by atoms with Gasteiger partial charge in [-0.1, -0.05) is 13.0 Å². The number of aromatic nitrogens is 6. The van der Waals surface area contributed by atoms with Crippen LogP contribution in [0.3, 0.4) is 0 Å². The van der Waals surface area contributed by atoms with Crippen LogP contribution < -0.4 is 4.90 Å². The van der Waals surface area contributed by atoms with E-state index in [0.29, 0.717) is 11.7 Å². The minimum absolute atomic E-state index is 0.545. The molecule has 1 aliphatic heterocycles. The van der Waals surface area contributed by atoms with Crippen molar-refractivity contribution in [3.05, 3.63) is 48.8 Å². The molecule has 4 heterocycles. The van der Waals surface area contributed by atoms with Gasteiger partial charge in [-0.2, -0.15) is 5.10 Å². The summed E-state index contributed by atoms with van der Waals surface area (Å²) < 4.78 is 1.92. The van der Waals surface area contributed by atoms with Crippen LogP contribution in [0.2, 0.25) is 0 Å². The molecular weight excluding hydrogens is 326 g/mol. The van der Waals surface area contributed by atoms with E-state index in [-0.39, 0.29) is 0 Å². The Kier molecular flexibility index (Phi) is 4.86. The minimum Gasteiger partial charge on any atom is -0.356 e. The number of pyridine rings is 1. The van der Waals surface area contributed by atoms with Gasteiger partial charge in [-0.3, -0.25) is 9.67 Å². The Balaban J connectivity index is 1.58. The van der Waals surface area contributed by atoms with Crippen molar-refractivity contribution < 1.29 is 0 Å². The number of hydrogen-bond donors (Lipinski definition) is 0. The molecule has 4 rings (SSSR count). The van der Waals surface area contributed by atoms with E-state index in [2.05, 4.69) is 37.9 Å². The number of aryl methyl sites for hydroxylation is 1. The Bertz CT molecular complexity index is 832. The van der Waals surface area contributed by atoms with Gasteiger partial charge in [0.15, 0.2) is 5.82 Å². The van der Waals surface area contributed by atoms with Gasteiger partial charge in [-0.05, 0) is 37.3 Å². The van der Waals surface area contributed by atoms with Crippen molar-refractivity contribution in [3.63, 3.8) is 0 Å². The first kappa shape index (κ1) is 16.6. The summed E-state index contributed by atoms with van der Waals surface area (Å²) in [7, 11) is 0. The van der Waals surface area contributed by atoms with E-state index in [1.807, 2.05) is 22.9 Å². The second-order valence-electron chi connectivity index (χ2n) is 6.68. The minimum atomic E-state index is 0.545. The van der Waals surface area contributed by atoms with Crippen LogP contribution in [0.4, 0.5) is 5.82 Å². The first-order valence-corrected chi connectivity index (χ1v) is 9.18. The lowest BCUT2D eigenvalue weighted by Gasteiger charge is -2.33. The number of hydrogen-bond acceptors (Lipinski definition) is 6. The molecule has 26 heavy (non-hydrogen) atoms. The van der Waals surface area contributed by atoms with Crippen LogP contribution in [0.15, 0.2) is 43.1 Å². The van der Waals surface area contributed by atoms with Crippen molar-refractivity contribution in [2.45, 2.75) is 32.7 Å². The molecular formula is C19H23N7. The fraction of sp³-hybridized carbons (Fsp3) is 0.421. The van der Waals surface area contributed by atoms with E-state index in [9.17, 15) is 0 Å². The molecule has 0 aliphatic carbocycles. The third-order valence-corrected chi connectivity index (χ3v) is 4.78. The van der Waals surface area contributed by atoms with Gasteiger partial charge in [-0.25, -0.2) is 15.0 Å². The average molecular weight is 349 g/mol. The fourth-order valence-electron chi connectivity index (χ4n) is 3.45. The van der Waals surface area contributed by atoms with E-state index in [1.165, 1.54) is 6.42 Å². The Morgan fingerprint density at radius 1 is 1.23 bits per heavy atom. The van der Waals surface area contributed by atoms with Gasteiger partial charge in [0.25, 0.3) is 0 Å². The van der Waals surface area contributed by atoms with E-state index >= 15 is 0 Å². The average Bonchev–Trinajstić information content (AvgIpc) is 3.21. The molecule has 1 aliphatic rings. The maximum absolute atomic E-state index is 4.82. The summed E-state index contributed by atoms with van der Waals surface area (Å²) in [6.07, 6.45) is 8.41. The molecule has 134 valence electrons. The number of anilines is 1. The van der Waals surface area contributed by atoms with Crippen LogP contribution in [0.25, 0.3) is 11.5 Å². The van der Waals surface area contributed by atoms with Crippen LogP contribution in [0.1, 0.15) is 25.5 Å². The normalized spacial score (nSPS) is 17.4. The summed E-state index contributed by atoms with van der Waals surface area (Å²) in [5.74, 6) is 2.25. The largest absolute Gasteiger partial charge is 0.356 e. The Labute approximate surface area is 153 Å². The van der Waals surface area contributed by atoms with Gasteiger partial charge in [0.05, 0.1) is 0 Å². The predicted molar refractivity (Wildman–Crippen MR) is 99.6 cm³/mol. The summed E-state index contributed by atoms with van der Waals surface area (Å²) >= 11 is 0. The zero-order valence-corrected chi connectivity index (χ0v) is 15.0. The van der Waals surface area contributed by atoms with Crippen molar-refractivity contribution in [1.82, 2.24) is 29.7 Å². The quantitative estimate of drug-likeness (QED) is 0.705. The molecule has 0 aromatic carbocycles. The highest BCUT2D eigenvalue weighted by Crippen LogP contribution is 2.25. The fourth-order valence-corrected chi connectivity index (χ4v) is 3.45. The molecule has 0 bridgehead atoms. The van der Waals surface area contributed by atoms with Crippen molar-refractivity contribution >= 4 is 5.82 Å². The maximum atomic E-state index is 4.82. The molecule has 0 saturated carbocycles. The Hall–Kier alpha value is -2.83. The lowest BCUT2D eigenvalue weighted by Crippen LogP contribution is -2.37. The van der Waals surface area contributed by atoms with Crippen LogP contribution in [-0.2, 0) is 13.0 Å². The molecule has 1 fully saturated rings. The van der Waals surface area contributed by atoms with Crippen molar-refractivity contribution in [3.8, 4) is 11.5 Å². The summed E-state index contributed by atoms with van der Waals surface area (Å²) in [4.78, 5) is 20.3. The van der Waals surface area contributed by atoms with Crippen molar-refractivity contribution in [2.75, 3.05) is 18.0 Å². The zero-order chi connectivity index (χ0) is 17.8. The topological polar surface area (TPSA) is 72.6 Å². The van der Waals surface area contributed by atoms with Gasteiger partial charge in [0, 0.05) is 37.6 Å². The molecule has 0 spiro atoms. The Morgan fingerprint density at radius 3 is 2.96 bits per heavy atom. The number of piperidine rings is 1. The van der Waals surface area contributed by atoms with Crippen LogP contribution >= 0.6 is 0 Å². The predicted octanol–water partition coefficient (Wildman–Crippen LogP) is 2.61. The maximum Gasteiger partial charge on any atom is 0.180 e. The lowest BCUT2D eigenvalue weighted by molar-refractivity contribution is 0.350. The standard InChI is InChI=1S/C19H23N7/c1-2-16-10-18(24-19(23-16)17-7-3-4-8-21-17)25-9-5-6-15(11-25)12-26-14-20-13-22-26/h3-4,7-8,10,13-15H,2,5-6,9,11-12H2,1H3/t15-/m0/s1. The molecule has 0 unspecified atom stereocenters. The molecule has 0 amide bonds. The summed E-state index contributed by atoms with van der Waals surface area (Å²) in [5.41, 5.74) is 1.87. The van der Waals surface area contributed by atoms with Crippen LogP contribution in [0, 0.1) is 5.92 Å². The molecule has 0 radical (unpaired) electrons. The second kappa shape index (κ2) is 7.59. The third-order valence-electron chi connectivity index (χ3n) is 4.78. The van der Waals surface area contributed by atoms with Crippen LogP contribution in [-0.4, -0.2) is 42.8 Å². The highest BCUT2D eigenvalue weighted by molar-refractivity contribution is 5.53. The second-order valence-corrected chi connectivity index (χ2v) is 6.68. The lowest BCUT2D eigenvalue weighted by atomic mass is 9.98. The van der Waals surface area contributed by atoms with Gasteiger partial charge in [-0.15, -0.1) is 0 Å². The number of nitrogens with zero attached hydrogens (tertiary/aromatic N) is 7. The molecule has 7 heteroatoms. The highest BCUT2D eigenvalue weighted by Gasteiger charge is 2.22. The first-order chi connectivity index (χ1) is 12.8. The highest BCUT2D eigenvalue weighted by atomic mass is 15.3. The summed E-state index contributed by atoms with van der Waals surface area (Å²) in [6.45, 7) is 5.02. The monoisotopic (exact) mass is 349 g/mol. The molecule has 0 N–H and O–H groups in total. The van der Waals surface area contributed by atoms with E-state index in [1.54, 1.807) is 18.9 Å². The molecule has 3 aromatic rings. The molecule has 1 saturated heterocycles. The van der Waals surface area contributed by atoms with Crippen LogP contribution in [0.5, 0.6) is 0 Å². The van der Waals surface area contributed by atoms with Crippen molar-refractivity contribution in [1.29, 1.82) is 0 Å². The van der Waals surface area contributed by atoms with E-state index in [0.717, 1.165) is 49.7 Å². The van der Waals surface area contributed by atoms with E-state index < -0.39 is 0 Å². The molecule has 3 aromatic heterocycles. The zero-order valence-electron chi connectivity index (χ0n) is 15.0. The Morgan fingerprint density at radius 2 is 2.19 bits per heavy atom. The van der Waals surface area contributed by atoms with Gasteiger partial charge in [0.1, 0.15) is 24.2 Å². The SMILES string of the molecule is CCc1cc(N2CCC[C@H](Cn3cncn3)C2)nc(-c2ccccn2)n1. The van der Waals surface area contributed by atoms with Gasteiger partial charge < -0.3 is 4.90 Å². The van der Waals surface area contributed by atoms with Gasteiger partial charge >= 0.3 is 0 Å². The first-order valence-electron chi connectivity index (χ1n) is 9.18. The van der Waals surface area contributed by atoms with Gasteiger partial charge in [0.2, 0.25) is 0 Å². The smallest absolute Gasteiger partial charge is 0.180 e. The molecule has 7 nitrogen and oxygen atoms in total. The number of rotatable bonds is 5. The summed E-state index contributed by atoms with van der Waals surface area (Å²) in [5, 5.41) is 4.24. The molecule has 1 atom stereocenters.